The third-order valence-corrected chi connectivity index (χ3v) is 3.86. The lowest BCUT2D eigenvalue weighted by Gasteiger charge is -2.27. The van der Waals surface area contributed by atoms with Crippen LogP contribution >= 0.6 is 11.6 Å². The first-order valence-electron chi connectivity index (χ1n) is 7.01. The van der Waals surface area contributed by atoms with Gasteiger partial charge in [0, 0.05) is 13.6 Å². The number of ether oxygens (including phenoxy) is 1. The summed E-state index contributed by atoms with van der Waals surface area (Å²) in [6.07, 6.45) is 2.04. The third-order valence-electron chi connectivity index (χ3n) is 3.54. The van der Waals surface area contributed by atoms with Gasteiger partial charge in [-0.3, -0.25) is 4.79 Å². The van der Waals surface area contributed by atoms with Gasteiger partial charge in [-0.25, -0.2) is 0 Å². The number of carbonyl (C=O) groups excluding carboxylic acids is 1. The summed E-state index contributed by atoms with van der Waals surface area (Å²) in [6.45, 7) is 2.82. The standard InChI is InChI=1S/C15H21ClN2O2/c1-18(15(19)12-5-4-8-17-11-12)9-10-20-14-7-3-2-6-13(14)16/h2-3,6-7,12,17H,4-5,8-11H2,1H3. The molecule has 1 aliphatic heterocycles. The van der Waals surface area contributed by atoms with Gasteiger partial charge < -0.3 is 15.0 Å². The van der Waals surface area contributed by atoms with Crippen LogP contribution in [-0.4, -0.2) is 44.1 Å². The fourth-order valence-corrected chi connectivity index (χ4v) is 2.53. The van der Waals surface area contributed by atoms with Crippen LogP contribution in [0.15, 0.2) is 24.3 Å². The molecule has 1 amide bonds. The molecule has 0 radical (unpaired) electrons. The highest BCUT2D eigenvalue weighted by Gasteiger charge is 2.23. The zero-order valence-corrected chi connectivity index (χ0v) is 12.5. The van der Waals surface area contributed by atoms with Crippen molar-refractivity contribution in [2.75, 3.05) is 33.3 Å². The van der Waals surface area contributed by atoms with Crippen molar-refractivity contribution in [2.45, 2.75) is 12.8 Å². The van der Waals surface area contributed by atoms with Gasteiger partial charge in [0.25, 0.3) is 0 Å². The highest BCUT2D eigenvalue weighted by Crippen LogP contribution is 2.22. The number of hydrogen-bond donors (Lipinski definition) is 1. The Bertz CT molecular complexity index is 447. The molecule has 4 nitrogen and oxygen atoms in total. The predicted octanol–water partition coefficient (Wildman–Crippen LogP) is 2.18. The van der Waals surface area contributed by atoms with Crippen molar-refractivity contribution in [3.63, 3.8) is 0 Å². The van der Waals surface area contributed by atoms with Crippen LogP contribution in [-0.2, 0) is 4.79 Å². The summed E-state index contributed by atoms with van der Waals surface area (Å²) in [7, 11) is 1.83. The Morgan fingerprint density at radius 1 is 1.50 bits per heavy atom. The average Bonchev–Trinajstić information content (AvgIpc) is 2.49. The molecule has 1 aliphatic rings. The smallest absolute Gasteiger partial charge is 0.226 e. The fourth-order valence-electron chi connectivity index (χ4n) is 2.34. The van der Waals surface area contributed by atoms with E-state index in [1.165, 1.54) is 0 Å². The maximum Gasteiger partial charge on any atom is 0.226 e. The van der Waals surface area contributed by atoms with Crippen LogP contribution in [0.5, 0.6) is 5.75 Å². The van der Waals surface area contributed by atoms with Crippen LogP contribution in [0.1, 0.15) is 12.8 Å². The van der Waals surface area contributed by atoms with Gasteiger partial charge in [-0.1, -0.05) is 23.7 Å². The van der Waals surface area contributed by atoms with E-state index in [4.69, 9.17) is 16.3 Å². The minimum Gasteiger partial charge on any atom is -0.490 e. The van der Waals surface area contributed by atoms with Crippen LogP contribution in [0, 0.1) is 5.92 Å². The van der Waals surface area contributed by atoms with Crippen LogP contribution in [0.25, 0.3) is 0 Å². The first kappa shape index (κ1) is 15.1. The molecule has 110 valence electrons. The van der Waals surface area contributed by atoms with Crippen molar-refractivity contribution in [3.05, 3.63) is 29.3 Å². The van der Waals surface area contributed by atoms with Gasteiger partial charge >= 0.3 is 0 Å². The van der Waals surface area contributed by atoms with E-state index in [1.54, 1.807) is 11.0 Å². The molecule has 0 aromatic heterocycles. The number of benzene rings is 1. The number of hydrogen-bond acceptors (Lipinski definition) is 3. The minimum atomic E-state index is 0.106. The second kappa shape index (κ2) is 7.50. The van der Waals surface area contributed by atoms with Crippen LogP contribution in [0.2, 0.25) is 5.02 Å². The molecular weight excluding hydrogens is 276 g/mol. The number of piperidine rings is 1. The quantitative estimate of drug-likeness (QED) is 0.905. The number of para-hydroxylation sites is 1. The summed E-state index contributed by atoms with van der Waals surface area (Å²) in [5, 5.41) is 3.86. The van der Waals surface area contributed by atoms with Crippen LogP contribution in [0.3, 0.4) is 0 Å². The number of halogens is 1. The molecule has 20 heavy (non-hydrogen) atoms. The van der Waals surface area contributed by atoms with E-state index in [2.05, 4.69) is 5.32 Å². The van der Waals surface area contributed by atoms with E-state index in [0.29, 0.717) is 23.9 Å². The molecule has 0 spiro atoms. The molecule has 1 unspecified atom stereocenters. The van der Waals surface area contributed by atoms with E-state index >= 15 is 0 Å². The zero-order chi connectivity index (χ0) is 14.4. The molecule has 1 heterocycles. The van der Waals surface area contributed by atoms with Crippen molar-refractivity contribution in [3.8, 4) is 5.75 Å². The summed E-state index contributed by atoms with van der Waals surface area (Å²) in [4.78, 5) is 14.0. The van der Waals surface area contributed by atoms with Crippen molar-refractivity contribution >= 4 is 17.5 Å². The lowest BCUT2D eigenvalue weighted by atomic mass is 9.98. The fraction of sp³-hybridized carbons (Fsp3) is 0.533. The summed E-state index contributed by atoms with van der Waals surface area (Å²) in [5.74, 6) is 0.961. The Hall–Kier alpha value is -1.26. The number of nitrogens with one attached hydrogen (secondary N) is 1. The van der Waals surface area contributed by atoms with Crippen LogP contribution in [0.4, 0.5) is 0 Å². The predicted molar refractivity (Wildman–Crippen MR) is 80.2 cm³/mol. The summed E-state index contributed by atoms with van der Waals surface area (Å²) >= 11 is 6.01. The zero-order valence-electron chi connectivity index (χ0n) is 11.8. The van der Waals surface area contributed by atoms with E-state index in [0.717, 1.165) is 25.9 Å². The van der Waals surface area contributed by atoms with Gasteiger partial charge in [-0.2, -0.15) is 0 Å². The van der Waals surface area contributed by atoms with E-state index in [-0.39, 0.29) is 11.8 Å². The Kier molecular flexibility index (Phi) is 5.68. The molecule has 5 heteroatoms. The summed E-state index contributed by atoms with van der Waals surface area (Å²) in [6, 6.07) is 7.36. The Morgan fingerprint density at radius 2 is 2.30 bits per heavy atom. The number of rotatable bonds is 5. The number of nitrogens with zero attached hydrogens (tertiary/aromatic N) is 1. The van der Waals surface area contributed by atoms with E-state index < -0.39 is 0 Å². The molecule has 1 aromatic rings. The topological polar surface area (TPSA) is 41.6 Å². The Balaban J connectivity index is 1.75. The second-order valence-corrected chi connectivity index (χ2v) is 5.49. The highest BCUT2D eigenvalue weighted by atomic mass is 35.5. The number of carbonyl (C=O) groups is 1. The molecule has 1 aromatic carbocycles. The number of likely N-dealkylation sites (N-methyl/N-ethyl adjacent to an activating group) is 1. The average molecular weight is 297 g/mol. The number of amides is 1. The highest BCUT2D eigenvalue weighted by molar-refractivity contribution is 6.32. The monoisotopic (exact) mass is 296 g/mol. The van der Waals surface area contributed by atoms with Crippen molar-refractivity contribution in [2.24, 2.45) is 5.92 Å². The maximum atomic E-state index is 12.2. The Labute approximate surface area is 125 Å². The van der Waals surface area contributed by atoms with Crippen LogP contribution < -0.4 is 10.1 Å². The molecular formula is C15H21ClN2O2. The van der Waals surface area contributed by atoms with E-state index in [1.807, 2.05) is 25.2 Å². The normalized spacial score (nSPS) is 18.6. The molecule has 0 bridgehead atoms. The van der Waals surface area contributed by atoms with Crippen molar-refractivity contribution in [1.29, 1.82) is 0 Å². The summed E-state index contributed by atoms with van der Waals surface area (Å²) < 4.78 is 5.60. The maximum absolute atomic E-state index is 12.2. The lowest BCUT2D eigenvalue weighted by molar-refractivity contribution is -0.135. The molecule has 2 rings (SSSR count). The van der Waals surface area contributed by atoms with Crippen molar-refractivity contribution in [1.82, 2.24) is 10.2 Å². The summed E-state index contributed by atoms with van der Waals surface area (Å²) in [5.41, 5.74) is 0. The largest absolute Gasteiger partial charge is 0.490 e. The van der Waals surface area contributed by atoms with E-state index in [9.17, 15) is 4.79 Å². The molecule has 1 saturated heterocycles. The van der Waals surface area contributed by atoms with Gasteiger partial charge in [0.15, 0.2) is 0 Å². The first-order chi connectivity index (χ1) is 9.68. The van der Waals surface area contributed by atoms with Gasteiger partial charge in [0.05, 0.1) is 17.5 Å². The molecule has 1 N–H and O–H groups in total. The molecule has 0 aliphatic carbocycles. The Morgan fingerprint density at radius 3 is 3.00 bits per heavy atom. The minimum absolute atomic E-state index is 0.106. The third kappa shape index (κ3) is 4.12. The molecule has 1 atom stereocenters. The van der Waals surface area contributed by atoms with Gasteiger partial charge in [0.2, 0.25) is 5.91 Å². The van der Waals surface area contributed by atoms with Gasteiger partial charge in [-0.05, 0) is 31.5 Å². The molecule has 0 saturated carbocycles. The van der Waals surface area contributed by atoms with Gasteiger partial charge in [0.1, 0.15) is 12.4 Å². The van der Waals surface area contributed by atoms with Crippen molar-refractivity contribution < 1.29 is 9.53 Å². The second-order valence-electron chi connectivity index (χ2n) is 5.08. The molecule has 1 fully saturated rings. The lowest BCUT2D eigenvalue weighted by Crippen LogP contribution is -2.42. The SMILES string of the molecule is CN(CCOc1ccccc1Cl)C(=O)C1CCCNC1. The first-order valence-corrected chi connectivity index (χ1v) is 7.39. The van der Waals surface area contributed by atoms with Gasteiger partial charge in [-0.15, -0.1) is 0 Å².